The Morgan fingerprint density at radius 1 is 1.10 bits per heavy atom. The molecule has 0 radical (unpaired) electrons. The lowest BCUT2D eigenvalue weighted by Crippen LogP contribution is -2.43. The van der Waals surface area contributed by atoms with Crippen LogP contribution in [0.2, 0.25) is 0 Å². The van der Waals surface area contributed by atoms with Crippen LogP contribution >= 0.6 is 0 Å². The minimum atomic E-state index is -0.339. The second-order valence-electron chi connectivity index (χ2n) is 7.26. The van der Waals surface area contributed by atoms with Crippen molar-refractivity contribution in [1.82, 2.24) is 15.3 Å². The Balaban J connectivity index is 1.52. The second kappa shape index (κ2) is 8.92. The Bertz CT molecular complexity index is 1090. The highest BCUT2D eigenvalue weighted by Crippen LogP contribution is 2.21. The number of carbonyl (C=O) groups is 1. The summed E-state index contributed by atoms with van der Waals surface area (Å²) in [5.41, 5.74) is 4.21. The molecule has 3 aromatic rings. The van der Waals surface area contributed by atoms with E-state index in [0.29, 0.717) is 5.56 Å². The number of H-pyrrole nitrogens is 1. The molecule has 1 amide bonds. The Labute approximate surface area is 175 Å². The lowest BCUT2D eigenvalue weighted by molar-refractivity contribution is 0.102. The first-order chi connectivity index (χ1) is 14.6. The third-order valence-electron chi connectivity index (χ3n) is 5.28. The lowest BCUT2D eigenvalue weighted by Gasteiger charge is -2.29. The van der Waals surface area contributed by atoms with Gasteiger partial charge in [0, 0.05) is 61.1 Å². The van der Waals surface area contributed by atoms with E-state index in [0.717, 1.165) is 55.1 Å². The Morgan fingerprint density at radius 3 is 2.60 bits per heavy atom. The van der Waals surface area contributed by atoms with E-state index in [9.17, 15) is 9.59 Å². The van der Waals surface area contributed by atoms with Gasteiger partial charge < -0.3 is 20.5 Å². The quantitative estimate of drug-likeness (QED) is 0.609. The molecule has 4 rings (SSSR count). The van der Waals surface area contributed by atoms with Crippen molar-refractivity contribution in [1.29, 1.82) is 0 Å². The van der Waals surface area contributed by atoms with Gasteiger partial charge in [-0.2, -0.15) is 0 Å². The summed E-state index contributed by atoms with van der Waals surface area (Å²) in [5.74, 6) is -0.312. The fourth-order valence-electron chi connectivity index (χ4n) is 3.54. The summed E-state index contributed by atoms with van der Waals surface area (Å²) in [6.07, 6.45) is 4.22. The van der Waals surface area contributed by atoms with Crippen LogP contribution in [0, 0.1) is 0 Å². The highest BCUT2D eigenvalue weighted by Gasteiger charge is 2.13. The van der Waals surface area contributed by atoms with Gasteiger partial charge in [0.15, 0.2) is 0 Å². The number of benzene rings is 1. The maximum atomic E-state index is 12.7. The van der Waals surface area contributed by atoms with E-state index >= 15 is 0 Å². The van der Waals surface area contributed by atoms with Gasteiger partial charge in [0.05, 0.1) is 0 Å². The third-order valence-corrected chi connectivity index (χ3v) is 5.28. The van der Waals surface area contributed by atoms with Gasteiger partial charge in [-0.3, -0.25) is 14.6 Å². The van der Waals surface area contributed by atoms with Crippen LogP contribution < -0.4 is 21.1 Å². The number of carbonyl (C=O) groups excluding carboxylic acids is 1. The van der Waals surface area contributed by atoms with Gasteiger partial charge in [0.25, 0.3) is 11.5 Å². The normalized spacial score (nSPS) is 13.8. The van der Waals surface area contributed by atoms with Crippen molar-refractivity contribution in [2.24, 2.45) is 0 Å². The van der Waals surface area contributed by atoms with Gasteiger partial charge in [-0.15, -0.1) is 0 Å². The molecule has 154 valence electrons. The highest BCUT2D eigenvalue weighted by atomic mass is 16.2. The van der Waals surface area contributed by atoms with Crippen LogP contribution in [0.4, 0.5) is 11.4 Å². The summed E-state index contributed by atoms with van der Waals surface area (Å²) < 4.78 is 0. The molecule has 0 aliphatic carbocycles. The maximum Gasteiger partial charge on any atom is 0.271 e. The smallest absolute Gasteiger partial charge is 0.271 e. The molecule has 1 fully saturated rings. The Kier molecular flexibility index (Phi) is 5.90. The number of hydrogen-bond acceptors (Lipinski definition) is 5. The van der Waals surface area contributed by atoms with E-state index in [-0.39, 0.29) is 17.2 Å². The molecule has 30 heavy (non-hydrogen) atoms. The number of pyridine rings is 2. The van der Waals surface area contributed by atoms with E-state index < -0.39 is 0 Å². The standard InChI is InChI=1S/C23H25N5O2/c1-2-19-13-17(7-8-25-19)18-14-21(23(30)26-15-18)27-22(29)16-3-5-20(6-4-16)28-11-9-24-10-12-28/h3-8,13-15,24H,2,9-12H2,1H3,(H,26,30)(H,27,29). The van der Waals surface area contributed by atoms with Crippen molar-refractivity contribution in [3.63, 3.8) is 0 Å². The number of nitrogens with zero attached hydrogens (tertiary/aromatic N) is 2. The zero-order chi connectivity index (χ0) is 20.9. The Morgan fingerprint density at radius 2 is 1.87 bits per heavy atom. The fourth-order valence-corrected chi connectivity index (χ4v) is 3.54. The minimum Gasteiger partial charge on any atom is -0.369 e. The molecular weight excluding hydrogens is 378 g/mol. The van der Waals surface area contributed by atoms with Crippen LogP contribution in [0.25, 0.3) is 11.1 Å². The van der Waals surface area contributed by atoms with Crippen LogP contribution in [0.5, 0.6) is 0 Å². The van der Waals surface area contributed by atoms with Crippen molar-refractivity contribution < 1.29 is 4.79 Å². The number of amides is 1. The molecule has 0 bridgehead atoms. The predicted molar refractivity (Wildman–Crippen MR) is 119 cm³/mol. The first-order valence-corrected chi connectivity index (χ1v) is 10.2. The van der Waals surface area contributed by atoms with Gasteiger partial charge in [-0.05, 0) is 54.4 Å². The van der Waals surface area contributed by atoms with E-state index in [1.54, 1.807) is 30.6 Å². The highest BCUT2D eigenvalue weighted by molar-refractivity contribution is 6.04. The molecule has 0 spiro atoms. The van der Waals surface area contributed by atoms with Gasteiger partial charge >= 0.3 is 0 Å². The molecular formula is C23H25N5O2. The first-order valence-electron chi connectivity index (χ1n) is 10.2. The number of rotatable bonds is 5. The molecule has 1 aromatic carbocycles. The minimum absolute atomic E-state index is 0.221. The zero-order valence-electron chi connectivity index (χ0n) is 16.9. The van der Waals surface area contributed by atoms with Gasteiger partial charge in [0.2, 0.25) is 0 Å². The van der Waals surface area contributed by atoms with Crippen LogP contribution in [-0.2, 0) is 6.42 Å². The van der Waals surface area contributed by atoms with Crippen LogP contribution in [0.15, 0.2) is 59.7 Å². The maximum absolute atomic E-state index is 12.7. The number of aryl methyl sites for hydroxylation is 1. The molecule has 0 atom stereocenters. The van der Waals surface area contributed by atoms with Crippen molar-refractivity contribution in [2.45, 2.75) is 13.3 Å². The summed E-state index contributed by atoms with van der Waals surface area (Å²) in [6, 6.07) is 13.0. The van der Waals surface area contributed by atoms with Crippen molar-refractivity contribution in [3.8, 4) is 11.1 Å². The van der Waals surface area contributed by atoms with Crippen molar-refractivity contribution >= 4 is 17.3 Å². The van der Waals surface area contributed by atoms with Crippen LogP contribution in [0.3, 0.4) is 0 Å². The lowest BCUT2D eigenvalue weighted by atomic mass is 10.1. The summed E-state index contributed by atoms with van der Waals surface area (Å²) in [7, 11) is 0. The van der Waals surface area contributed by atoms with E-state index in [4.69, 9.17) is 0 Å². The average Bonchev–Trinajstić information content (AvgIpc) is 2.81. The summed E-state index contributed by atoms with van der Waals surface area (Å²) >= 11 is 0. The van der Waals surface area contributed by atoms with E-state index in [2.05, 4.69) is 25.5 Å². The number of piperazine rings is 1. The molecule has 0 unspecified atom stereocenters. The first kappa shape index (κ1) is 19.8. The third kappa shape index (κ3) is 4.41. The monoisotopic (exact) mass is 403 g/mol. The number of aromatic amines is 1. The number of hydrogen-bond donors (Lipinski definition) is 3. The number of nitrogens with one attached hydrogen (secondary N) is 3. The summed E-state index contributed by atoms with van der Waals surface area (Å²) in [5, 5.41) is 6.07. The molecule has 0 saturated carbocycles. The topological polar surface area (TPSA) is 90.1 Å². The summed E-state index contributed by atoms with van der Waals surface area (Å²) in [4.78, 5) is 34.3. The van der Waals surface area contributed by atoms with Crippen LogP contribution in [0.1, 0.15) is 23.0 Å². The molecule has 7 heteroatoms. The van der Waals surface area contributed by atoms with Crippen LogP contribution in [-0.4, -0.2) is 42.1 Å². The SMILES string of the molecule is CCc1cc(-c2c[nH]c(=O)c(NC(=O)c3ccc(N4CCNCC4)cc3)c2)ccn1. The molecule has 1 saturated heterocycles. The van der Waals surface area contributed by atoms with E-state index in [1.165, 1.54) is 0 Å². The molecule has 7 nitrogen and oxygen atoms in total. The zero-order valence-corrected chi connectivity index (χ0v) is 16.9. The molecule has 3 N–H and O–H groups in total. The summed E-state index contributed by atoms with van der Waals surface area (Å²) in [6.45, 7) is 5.85. The molecule has 3 heterocycles. The second-order valence-corrected chi connectivity index (χ2v) is 7.26. The largest absolute Gasteiger partial charge is 0.369 e. The number of aromatic nitrogens is 2. The number of anilines is 2. The molecule has 2 aromatic heterocycles. The van der Waals surface area contributed by atoms with Crippen molar-refractivity contribution in [3.05, 3.63) is 76.5 Å². The average molecular weight is 403 g/mol. The van der Waals surface area contributed by atoms with Gasteiger partial charge in [-0.1, -0.05) is 6.92 Å². The predicted octanol–water partition coefficient (Wildman–Crippen LogP) is 2.66. The molecule has 1 aliphatic rings. The Hall–Kier alpha value is -3.45. The van der Waals surface area contributed by atoms with Crippen molar-refractivity contribution in [2.75, 3.05) is 36.4 Å². The molecule has 1 aliphatic heterocycles. The van der Waals surface area contributed by atoms with Gasteiger partial charge in [0.1, 0.15) is 5.69 Å². The van der Waals surface area contributed by atoms with Gasteiger partial charge in [-0.25, -0.2) is 0 Å². The fraction of sp³-hybridized carbons (Fsp3) is 0.261. The van der Waals surface area contributed by atoms with E-state index in [1.807, 2.05) is 31.2 Å².